The van der Waals surface area contributed by atoms with Gasteiger partial charge in [-0.2, -0.15) is 0 Å². The Hall–Kier alpha value is -1.99. The maximum atomic E-state index is 11.9. The average molecular weight is 246 g/mol. The van der Waals surface area contributed by atoms with E-state index < -0.39 is 0 Å². The molecule has 1 aromatic carbocycles. The van der Waals surface area contributed by atoms with E-state index in [-0.39, 0.29) is 24.2 Å². The fourth-order valence-corrected chi connectivity index (χ4v) is 1.63. The van der Waals surface area contributed by atoms with Crippen LogP contribution in [0.25, 0.3) is 0 Å². The highest BCUT2D eigenvalue weighted by Gasteiger charge is 2.18. The minimum atomic E-state index is -0.189. The summed E-state index contributed by atoms with van der Waals surface area (Å²) in [6.07, 6.45) is 5.09. The summed E-state index contributed by atoms with van der Waals surface area (Å²) < 4.78 is 0. The number of rotatable bonds is 5. The number of nitrogens with one attached hydrogen (secondary N) is 1. The Morgan fingerprint density at radius 1 is 1.56 bits per heavy atom. The molecule has 1 amide bonds. The van der Waals surface area contributed by atoms with E-state index in [9.17, 15) is 9.90 Å². The Bertz CT molecular complexity index is 451. The van der Waals surface area contributed by atoms with Crippen molar-refractivity contribution in [3.05, 3.63) is 29.8 Å². The SMILES string of the molecule is C#CCNCC(=O)N(C)C(C)c1ccccc1O. The molecule has 4 nitrogen and oxygen atoms in total. The number of para-hydroxylation sites is 1. The lowest BCUT2D eigenvalue weighted by atomic mass is 10.1. The molecule has 0 bridgehead atoms. The van der Waals surface area contributed by atoms with Gasteiger partial charge in [-0.3, -0.25) is 10.1 Å². The summed E-state index contributed by atoms with van der Waals surface area (Å²) in [5, 5.41) is 12.6. The minimum absolute atomic E-state index is 0.0685. The maximum absolute atomic E-state index is 11.9. The van der Waals surface area contributed by atoms with E-state index in [1.807, 2.05) is 13.0 Å². The molecule has 0 heterocycles. The zero-order valence-corrected chi connectivity index (χ0v) is 10.7. The number of amides is 1. The van der Waals surface area contributed by atoms with E-state index in [1.165, 1.54) is 0 Å². The summed E-state index contributed by atoms with van der Waals surface area (Å²) in [7, 11) is 1.71. The highest BCUT2D eigenvalue weighted by Crippen LogP contribution is 2.26. The summed E-state index contributed by atoms with van der Waals surface area (Å²) in [6, 6.07) is 6.81. The molecule has 0 fully saturated rings. The van der Waals surface area contributed by atoms with Gasteiger partial charge in [-0.1, -0.05) is 24.1 Å². The van der Waals surface area contributed by atoms with Crippen LogP contribution in [-0.2, 0) is 4.79 Å². The van der Waals surface area contributed by atoms with E-state index >= 15 is 0 Å². The Balaban J connectivity index is 2.67. The van der Waals surface area contributed by atoms with Gasteiger partial charge in [0.05, 0.1) is 19.1 Å². The third-order valence-corrected chi connectivity index (χ3v) is 2.86. The number of carbonyl (C=O) groups excluding carboxylic acids is 1. The fourth-order valence-electron chi connectivity index (χ4n) is 1.63. The largest absolute Gasteiger partial charge is 0.508 e. The molecule has 0 aliphatic rings. The van der Waals surface area contributed by atoms with Crippen LogP contribution in [0.15, 0.2) is 24.3 Å². The van der Waals surface area contributed by atoms with Gasteiger partial charge in [0.2, 0.25) is 5.91 Å². The third-order valence-electron chi connectivity index (χ3n) is 2.86. The maximum Gasteiger partial charge on any atom is 0.236 e. The second-order valence-corrected chi connectivity index (χ2v) is 4.05. The first-order valence-corrected chi connectivity index (χ1v) is 5.75. The van der Waals surface area contributed by atoms with Crippen LogP contribution in [0.3, 0.4) is 0 Å². The smallest absolute Gasteiger partial charge is 0.236 e. The van der Waals surface area contributed by atoms with Crippen LogP contribution in [0.5, 0.6) is 5.75 Å². The molecule has 0 radical (unpaired) electrons. The number of aromatic hydroxyl groups is 1. The van der Waals surface area contributed by atoms with Gasteiger partial charge < -0.3 is 10.0 Å². The van der Waals surface area contributed by atoms with Gasteiger partial charge in [-0.25, -0.2) is 0 Å². The van der Waals surface area contributed by atoms with Crippen molar-refractivity contribution in [3.8, 4) is 18.1 Å². The van der Waals surface area contributed by atoms with Crippen molar-refractivity contribution in [2.45, 2.75) is 13.0 Å². The molecule has 0 aliphatic carbocycles. The fraction of sp³-hybridized carbons (Fsp3) is 0.357. The van der Waals surface area contributed by atoms with Crippen molar-refractivity contribution in [1.29, 1.82) is 0 Å². The molecule has 0 saturated carbocycles. The molecule has 18 heavy (non-hydrogen) atoms. The summed E-state index contributed by atoms with van der Waals surface area (Å²) in [5.41, 5.74) is 0.727. The second kappa shape index (κ2) is 6.67. The average Bonchev–Trinajstić information content (AvgIpc) is 2.38. The van der Waals surface area contributed by atoms with Crippen molar-refractivity contribution < 1.29 is 9.90 Å². The van der Waals surface area contributed by atoms with E-state index in [1.54, 1.807) is 30.1 Å². The van der Waals surface area contributed by atoms with Crippen molar-refractivity contribution >= 4 is 5.91 Å². The number of carbonyl (C=O) groups is 1. The number of terminal acetylenes is 1. The van der Waals surface area contributed by atoms with Crippen LogP contribution in [0.2, 0.25) is 0 Å². The number of phenolic OH excluding ortho intramolecular Hbond substituents is 1. The zero-order valence-electron chi connectivity index (χ0n) is 10.7. The van der Waals surface area contributed by atoms with Gasteiger partial charge in [0.25, 0.3) is 0 Å². The molecule has 1 rings (SSSR count). The lowest BCUT2D eigenvalue weighted by Crippen LogP contribution is -2.37. The van der Waals surface area contributed by atoms with Gasteiger partial charge in [0.15, 0.2) is 0 Å². The zero-order chi connectivity index (χ0) is 13.5. The number of hydrogen-bond donors (Lipinski definition) is 2. The van der Waals surface area contributed by atoms with Gasteiger partial charge >= 0.3 is 0 Å². The number of nitrogens with zero attached hydrogens (tertiary/aromatic N) is 1. The van der Waals surface area contributed by atoms with Crippen LogP contribution < -0.4 is 5.32 Å². The molecule has 2 N–H and O–H groups in total. The monoisotopic (exact) mass is 246 g/mol. The van der Waals surface area contributed by atoms with E-state index in [0.717, 1.165) is 5.56 Å². The number of benzene rings is 1. The van der Waals surface area contributed by atoms with Crippen molar-refractivity contribution in [2.24, 2.45) is 0 Å². The van der Waals surface area contributed by atoms with E-state index in [0.29, 0.717) is 6.54 Å². The molecule has 0 saturated heterocycles. The second-order valence-electron chi connectivity index (χ2n) is 4.05. The first kappa shape index (κ1) is 14.1. The van der Waals surface area contributed by atoms with Crippen LogP contribution in [0.4, 0.5) is 0 Å². The number of phenols is 1. The topological polar surface area (TPSA) is 52.6 Å². The predicted octanol–water partition coefficient (Wildman–Crippen LogP) is 1.13. The van der Waals surface area contributed by atoms with Gasteiger partial charge in [0.1, 0.15) is 5.75 Å². The Kier molecular flexibility index (Phi) is 5.22. The first-order chi connectivity index (χ1) is 8.57. The van der Waals surface area contributed by atoms with Crippen LogP contribution in [0.1, 0.15) is 18.5 Å². The predicted molar refractivity (Wildman–Crippen MR) is 71.0 cm³/mol. The van der Waals surface area contributed by atoms with Crippen molar-refractivity contribution in [2.75, 3.05) is 20.1 Å². The molecule has 0 spiro atoms. The van der Waals surface area contributed by atoms with Crippen LogP contribution in [0, 0.1) is 12.3 Å². The molecule has 1 atom stereocenters. The quantitative estimate of drug-likeness (QED) is 0.605. The molecule has 0 aliphatic heterocycles. The summed E-state index contributed by atoms with van der Waals surface area (Å²) in [6.45, 7) is 2.43. The molecular weight excluding hydrogens is 228 g/mol. The lowest BCUT2D eigenvalue weighted by molar-refractivity contribution is -0.130. The Morgan fingerprint density at radius 3 is 2.83 bits per heavy atom. The standard InChI is InChI=1S/C14H18N2O2/c1-4-9-15-10-14(18)16(3)11(2)12-7-5-6-8-13(12)17/h1,5-8,11,15,17H,9-10H2,2-3H3. The Morgan fingerprint density at radius 2 is 2.22 bits per heavy atom. The number of likely N-dealkylation sites (N-methyl/N-ethyl adjacent to an activating group) is 1. The van der Waals surface area contributed by atoms with Gasteiger partial charge in [-0.15, -0.1) is 6.42 Å². The molecule has 0 aromatic heterocycles. The van der Waals surface area contributed by atoms with E-state index in [4.69, 9.17) is 6.42 Å². The minimum Gasteiger partial charge on any atom is -0.508 e. The highest BCUT2D eigenvalue weighted by atomic mass is 16.3. The van der Waals surface area contributed by atoms with E-state index in [2.05, 4.69) is 11.2 Å². The van der Waals surface area contributed by atoms with Gasteiger partial charge in [-0.05, 0) is 13.0 Å². The van der Waals surface area contributed by atoms with Crippen LogP contribution in [-0.4, -0.2) is 36.1 Å². The summed E-state index contributed by atoms with van der Waals surface area (Å²) >= 11 is 0. The summed E-state index contributed by atoms with van der Waals surface area (Å²) in [4.78, 5) is 13.4. The normalized spacial score (nSPS) is 11.6. The molecule has 4 heteroatoms. The third kappa shape index (κ3) is 3.51. The van der Waals surface area contributed by atoms with Crippen molar-refractivity contribution in [1.82, 2.24) is 10.2 Å². The molecular formula is C14H18N2O2. The highest BCUT2D eigenvalue weighted by molar-refractivity contribution is 5.78. The van der Waals surface area contributed by atoms with Crippen molar-refractivity contribution in [3.63, 3.8) is 0 Å². The summed E-state index contributed by atoms with van der Waals surface area (Å²) in [5.74, 6) is 2.54. The van der Waals surface area contributed by atoms with Crippen LogP contribution >= 0.6 is 0 Å². The molecule has 96 valence electrons. The number of hydrogen-bond acceptors (Lipinski definition) is 3. The first-order valence-electron chi connectivity index (χ1n) is 5.75. The molecule has 1 aromatic rings. The Labute approximate surface area is 108 Å². The molecule has 1 unspecified atom stereocenters. The lowest BCUT2D eigenvalue weighted by Gasteiger charge is -2.26. The van der Waals surface area contributed by atoms with Gasteiger partial charge in [0, 0.05) is 12.6 Å².